The van der Waals surface area contributed by atoms with Crippen molar-refractivity contribution < 1.29 is 9.47 Å². The van der Waals surface area contributed by atoms with Gasteiger partial charge in [0.15, 0.2) is 0 Å². The Balaban J connectivity index is 2.30. The summed E-state index contributed by atoms with van der Waals surface area (Å²) < 4.78 is 11.1. The van der Waals surface area contributed by atoms with Gasteiger partial charge in [-0.25, -0.2) is 0 Å². The van der Waals surface area contributed by atoms with Gasteiger partial charge in [0.25, 0.3) is 0 Å². The van der Waals surface area contributed by atoms with E-state index in [-0.39, 0.29) is 0 Å². The van der Waals surface area contributed by atoms with Gasteiger partial charge in [0.2, 0.25) is 0 Å². The number of hydrogen-bond donors (Lipinski definition) is 1. The number of nitrogens with zero attached hydrogens (tertiary/aromatic N) is 1. The molecule has 1 N–H and O–H groups in total. The minimum absolute atomic E-state index is 0.566. The quantitative estimate of drug-likeness (QED) is 0.702. The van der Waals surface area contributed by atoms with E-state index in [2.05, 4.69) is 24.1 Å². The SMILES string of the molecule is CNCc1cnccc1OCCOCC(C)C. The van der Waals surface area contributed by atoms with E-state index in [0.29, 0.717) is 19.1 Å². The zero-order chi connectivity index (χ0) is 12.5. The summed E-state index contributed by atoms with van der Waals surface area (Å²) in [6, 6.07) is 1.88. The molecule has 1 rings (SSSR count). The lowest BCUT2D eigenvalue weighted by Gasteiger charge is -2.11. The second kappa shape index (κ2) is 8.03. The first-order valence-corrected chi connectivity index (χ1v) is 6.02. The van der Waals surface area contributed by atoms with Gasteiger partial charge >= 0.3 is 0 Å². The Labute approximate surface area is 103 Å². The van der Waals surface area contributed by atoms with Crippen LogP contribution in [0.5, 0.6) is 5.75 Å². The minimum atomic E-state index is 0.566. The molecule has 0 aliphatic rings. The summed E-state index contributed by atoms with van der Waals surface area (Å²) in [7, 11) is 1.91. The Kier molecular flexibility index (Phi) is 6.58. The van der Waals surface area contributed by atoms with E-state index in [0.717, 1.165) is 24.5 Å². The fraction of sp³-hybridized carbons (Fsp3) is 0.615. The molecule has 1 aromatic heterocycles. The largest absolute Gasteiger partial charge is 0.491 e. The number of ether oxygens (including phenoxy) is 2. The van der Waals surface area contributed by atoms with Crippen LogP contribution < -0.4 is 10.1 Å². The lowest BCUT2D eigenvalue weighted by atomic mass is 10.2. The highest BCUT2D eigenvalue weighted by molar-refractivity contribution is 5.29. The molecule has 1 heterocycles. The average Bonchev–Trinajstić information content (AvgIpc) is 2.31. The Bertz CT molecular complexity index is 316. The van der Waals surface area contributed by atoms with Crippen molar-refractivity contribution in [1.29, 1.82) is 0 Å². The van der Waals surface area contributed by atoms with Crippen LogP contribution in [0.2, 0.25) is 0 Å². The summed E-state index contributed by atoms with van der Waals surface area (Å²) in [6.45, 7) is 7.01. The summed E-state index contributed by atoms with van der Waals surface area (Å²) in [5, 5.41) is 3.09. The molecular formula is C13H22N2O2. The third kappa shape index (κ3) is 5.65. The highest BCUT2D eigenvalue weighted by Gasteiger charge is 2.02. The molecule has 0 aliphatic carbocycles. The normalized spacial score (nSPS) is 10.8. The van der Waals surface area contributed by atoms with E-state index >= 15 is 0 Å². The summed E-state index contributed by atoms with van der Waals surface area (Å²) in [4.78, 5) is 4.08. The molecular weight excluding hydrogens is 216 g/mol. The van der Waals surface area contributed by atoms with Crippen LogP contribution in [-0.2, 0) is 11.3 Å². The highest BCUT2D eigenvalue weighted by Crippen LogP contribution is 2.15. The third-order valence-electron chi connectivity index (χ3n) is 2.16. The van der Waals surface area contributed by atoms with Gasteiger partial charge in [0, 0.05) is 31.1 Å². The van der Waals surface area contributed by atoms with Crippen LogP contribution in [0.15, 0.2) is 18.5 Å². The maximum absolute atomic E-state index is 5.67. The lowest BCUT2D eigenvalue weighted by Crippen LogP contribution is -2.12. The van der Waals surface area contributed by atoms with Gasteiger partial charge < -0.3 is 14.8 Å². The molecule has 0 saturated heterocycles. The Hall–Kier alpha value is -1.13. The second-order valence-corrected chi connectivity index (χ2v) is 4.33. The van der Waals surface area contributed by atoms with Crippen molar-refractivity contribution in [3.05, 3.63) is 24.0 Å². The molecule has 0 spiro atoms. The molecule has 4 heteroatoms. The smallest absolute Gasteiger partial charge is 0.126 e. The van der Waals surface area contributed by atoms with Gasteiger partial charge in [-0.3, -0.25) is 4.98 Å². The van der Waals surface area contributed by atoms with Crippen molar-refractivity contribution in [2.75, 3.05) is 26.9 Å². The van der Waals surface area contributed by atoms with Crippen LogP contribution in [0.1, 0.15) is 19.4 Å². The monoisotopic (exact) mass is 238 g/mol. The van der Waals surface area contributed by atoms with Crippen molar-refractivity contribution in [2.24, 2.45) is 5.92 Å². The molecule has 0 bridgehead atoms. The van der Waals surface area contributed by atoms with Crippen LogP contribution >= 0.6 is 0 Å². The number of aromatic nitrogens is 1. The predicted molar refractivity (Wildman–Crippen MR) is 68.2 cm³/mol. The van der Waals surface area contributed by atoms with Crippen molar-refractivity contribution in [3.8, 4) is 5.75 Å². The summed E-state index contributed by atoms with van der Waals surface area (Å²) in [5.41, 5.74) is 1.07. The van der Waals surface area contributed by atoms with Gasteiger partial charge in [0.1, 0.15) is 12.4 Å². The second-order valence-electron chi connectivity index (χ2n) is 4.33. The van der Waals surface area contributed by atoms with Crippen LogP contribution in [-0.4, -0.2) is 31.9 Å². The Morgan fingerprint density at radius 1 is 1.35 bits per heavy atom. The molecule has 0 saturated carbocycles. The Morgan fingerprint density at radius 2 is 2.18 bits per heavy atom. The highest BCUT2D eigenvalue weighted by atomic mass is 16.5. The first kappa shape index (κ1) is 13.9. The van der Waals surface area contributed by atoms with E-state index in [4.69, 9.17) is 9.47 Å². The molecule has 4 nitrogen and oxygen atoms in total. The van der Waals surface area contributed by atoms with E-state index in [9.17, 15) is 0 Å². The molecule has 0 amide bonds. The minimum Gasteiger partial charge on any atom is -0.491 e. The van der Waals surface area contributed by atoms with Gasteiger partial charge in [-0.05, 0) is 19.0 Å². The molecule has 1 aromatic rings. The van der Waals surface area contributed by atoms with Crippen LogP contribution in [0.4, 0.5) is 0 Å². The van der Waals surface area contributed by atoms with Crippen molar-refractivity contribution >= 4 is 0 Å². The summed E-state index contributed by atoms with van der Waals surface area (Å²) in [6.07, 6.45) is 3.56. The van der Waals surface area contributed by atoms with Gasteiger partial charge in [-0.15, -0.1) is 0 Å². The lowest BCUT2D eigenvalue weighted by molar-refractivity contribution is 0.0816. The molecule has 96 valence electrons. The van der Waals surface area contributed by atoms with Gasteiger partial charge in [-0.2, -0.15) is 0 Å². The molecule has 0 aliphatic heterocycles. The fourth-order valence-electron chi connectivity index (χ4n) is 1.41. The molecule has 0 atom stereocenters. The summed E-state index contributed by atoms with van der Waals surface area (Å²) >= 11 is 0. The molecule has 17 heavy (non-hydrogen) atoms. The first-order chi connectivity index (χ1) is 8.24. The van der Waals surface area contributed by atoms with Gasteiger partial charge in [-0.1, -0.05) is 13.8 Å². The standard InChI is InChI=1S/C13H22N2O2/c1-11(2)10-16-6-7-17-13-4-5-15-9-12(13)8-14-3/h4-5,9,11,14H,6-8,10H2,1-3H3. The molecule has 0 radical (unpaired) electrons. The van der Waals surface area contributed by atoms with Crippen LogP contribution in [0, 0.1) is 5.92 Å². The molecule has 0 fully saturated rings. The average molecular weight is 238 g/mol. The van der Waals surface area contributed by atoms with E-state index in [1.54, 1.807) is 6.20 Å². The maximum atomic E-state index is 5.67. The predicted octanol–water partition coefficient (Wildman–Crippen LogP) is 1.85. The molecule has 0 aromatic carbocycles. The maximum Gasteiger partial charge on any atom is 0.126 e. The topological polar surface area (TPSA) is 43.4 Å². The zero-order valence-corrected chi connectivity index (χ0v) is 10.9. The first-order valence-electron chi connectivity index (χ1n) is 6.02. The number of hydrogen-bond acceptors (Lipinski definition) is 4. The van der Waals surface area contributed by atoms with E-state index < -0.39 is 0 Å². The fourth-order valence-corrected chi connectivity index (χ4v) is 1.41. The number of rotatable bonds is 8. The third-order valence-corrected chi connectivity index (χ3v) is 2.16. The van der Waals surface area contributed by atoms with Gasteiger partial charge in [0.05, 0.1) is 6.61 Å². The van der Waals surface area contributed by atoms with Crippen molar-refractivity contribution in [2.45, 2.75) is 20.4 Å². The van der Waals surface area contributed by atoms with Crippen molar-refractivity contribution in [1.82, 2.24) is 10.3 Å². The van der Waals surface area contributed by atoms with Crippen LogP contribution in [0.3, 0.4) is 0 Å². The van der Waals surface area contributed by atoms with Crippen LogP contribution in [0.25, 0.3) is 0 Å². The molecule has 0 unspecified atom stereocenters. The number of pyridine rings is 1. The number of nitrogens with one attached hydrogen (secondary N) is 1. The van der Waals surface area contributed by atoms with Crippen molar-refractivity contribution in [3.63, 3.8) is 0 Å². The summed E-state index contributed by atoms with van der Waals surface area (Å²) in [5.74, 6) is 1.44. The Morgan fingerprint density at radius 3 is 2.88 bits per heavy atom. The zero-order valence-electron chi connectivity index (χ0n) is 10.9. The van der Waals surface area contributed by atoms with E-state index in [1.807, 2.05) is 19.3 Å². The van der Waals surface area contributed by atoms with E-state index in [1.165, 1.54) is 0 Å².